The third-order valence-corrected chi connectivity index (χ3v) is 4.89. The van der Waals surface area contributed by atoms with Crippen molar-refractivity contribution in [3.05, 3.63) is 59.3 Å². The van der Waals surface area contributed by atoms with Crippen molar-refractivity contribution in [2.45, 2.75) is 46.3 Å². The predicted octanol–water partition coefficient (Wildman–Crippen LogP) is 4.77. The van der Waals surface area contributed by atoms with Crippen molar-refractivity contribution in [1.29, 1.82) is 0 Å². The maximum atomic E-state index is 10.9. The first-order valence-electron chi connectivity index (χ1n) is 9.73. The smallest absolute Gasteiger partial charge is 0.304 e. The molecule has 0 amide bonds. The summed E-state index contributed by atoms with van der Waals surface area (Å²) in [7, 11) is 0. The molecule has 150 valence electrons. The standard InChI is InChI=1S/C24H26N2O3/c1-5-18(12-23(27)28)19-8-10-21(11-9-19)29-15-20-7-6-17(4)24-22(20)13-25-26(24)14-16(2)3/h1,6-11,13,16,18H,12,14-15H2,2-4H3,(H,27,28)/t18-/m0/s1. The van der Waals surface area contributed by atoms with Gasteiger partial charge in [-0.25, -0.2) is 0 Å². The number of terminal acetylenes is 1. The van der Waals surface area contributed by atoms with Crippen LogP contribution in [0.25, 0.3) is 10.9 Å². The third kappa shape index (κ3) is 4.78. The Hall–Kier alpha value is -3.26. The van der Waals surface area contributed by atoms with Gasteiger partial charge in [-0.05, 0) is 36.1 Å². The number of benzene rings is 2. The molecule has 5 nitrogen and oxygen atoms in total. The summed E-state index contributed by atoms with van der Waals surface area (Å²) in [4.78, 5) is 10.9. The highest BCUT2D eigenvalue weighted by atomic mass is 16.5. The van der Waals surface area contributed by atoms with Gasteiger partial charge in [0.1, 0.15) is 12.4 Å². The number of aliphatic carboxylic acids is 1. The fourth-order valence-corrected chi connectivity index (χ4v) is 3.45. The van der Waals surface area contributed by atoms with Crippen LogP contribution in [-0.2, 0) is 17.9 Å². The number of carboxylic acid groups (broad SMARTS) is 1. The topological polar surface area (TPSA) is 64.3 Å². The van der Waals surface area contributed by atoms with Gasteiger partial charge in [-0.15, -0.1) is 6.42 Å². The van der Waals surface area contributed by atoms with Gasteiger partial charge in [-0.3, -0.25) is 9.48 Å². The van der Waals surface area contributed by atoms with Crippen LogP contribution in [-0.4, -0.2) is 20.9 Å². The van der Waals surface area contributed by atoms with Crippen LogP contribution in [0.15, 0.2) is 42.6 Å². The number of ether oxygens (including phenoxy) is 1. The summed E-state index contributed by atoms with van der Waals surface area (Å²) in [6.45, 7) is 7.77. The van der Waals surface area contributed by atoms with E-state index in [2.05, 4.69) is 48.6 Å². The van der Waals surface area contributed by atoms with Crippen LogP contribution in [0.4, 0.5) is 0 Å². The summed E-state index contributed by atoms with van der Waals surface area (Å²) in [6, 6.07) is 11.5. The van der Waals surface area contributed by atoms with Gasteiger partial charge >= 0.3 is 5.97 Å². The molecule has 0 aliphatic carbocycles. The Labute approximate surface area is 171 Å². The normalized spacial score (nSPS) is 12.1. The molecule has 5 heteroatoms. The minimum atomic E-state index is -0.908. The zero-order valence-electron chi connectivity index (χ0n) is 17.1. The summed E-state index contributed by atoms with van der Waals surface area (Å²) >= 11 is 0. The van der Waals surface area contributed by atoms with Gasteiger partial charge in [-0.1, -0.05) is 44.0 Å². The van der Waals surface area contributed by atoms with Crippen molar-refractivity contribution >= 4 is 16.9 Å². The molecule has 0 fully saturated rings. The first-order chi connectivity index (χ1) is 13.9. The molecule has 0 saturated heterocycles. The molecular weight excluding hydrogens is 364 g/mol. The van der Waals surface area contributed by atoms with Crippen molar-refractivity contribution in [3.8, 4) is 18.1 Å². The van der Waals surface area contributed by atoms with Gasteiger partial charge < -0.3 is 9.84 Å². The second kappa shape index (κ2) is 8.83. The molecule has 0 bridgehead atoms. The molecule has 0 aliphatic rings. The van der Waals surface area contributed by atoms with E-state index in [1.165, 1.54) is 5.56 Å². The van der Waals surface area contributed by atoms with E-state index in [0.29, 0.717) is 18.3 Å². The second-order valence-corrected chi connectivity index (χ2v) is 7.70. The Morgan fingerprint density at radius 2 is 1.97 bits per heavy atom. The average molecular weight is 390 g/mol. The van der Waals surface area contributed by atoms with Crippen molar-refractivity contribution in [2.75, 3.05) is 0 Å². The molecule has 2 aromatic carbocycles. The fraction of sp³-hybridized carbons (Fsp3) is 0.333. The molecule has 1 N–H and O–H groups in total. The molecule has 29 heavy (non-hydrogen) atoms. The van der Waals surface area contributed by atoms with E-state index in [-0.39, 0.29) is 6.42 Å². The Balaban J connectivity index is 1.76. The highest BCUT2D eigenvalue weighted by Gasteiger charge is 2.14. The SMILES string of the molecule is C#C[C@@H](CC(=O)O)c1ccc(OCc2ccc(C)c3c2cnn3CC(C)C)cc1. The molecule has 0 saturated carbocycles. The summed E-state index contributed by atoms with van der Waals surface area (Å²) < 4.78 is 8.04. The van der Waals surface area contributed by atoms with Crippen LogP contribution >= 0.6 is 0 Å². The van der Waals surface area contributed by atoms with E-state index < -0.39 is 11.9 Å². The lowest BCUT2D eigenvalue weighted by Crippen LogP contribution is -2.06. The van der Waals surface area contributed by atoms with Crippen LogP contribution < -0.4 is 4.74 Å². The number of aromatic nitrogens is 2. The third-order valence-electron chi connectivity index (χ3n) is 4.89. The van der Waals surface area contributed by atoms with Gasteiger partial charge in [-0.2, -0.15) is 5.10 Å². The molecule has 1 aromatic heterocycles. The van der Waals surface area contributed by atoms with Gasteiger partial charge in [0.2, 0.25) is 0 Å². The van der Waals surface area contributed by atoms with E-state index in [4.69, 9.17) is 16.3 Å². The molecule has 0 radical (unpaired) electrons. The lowest BCUT2D eigenvalue weighted by molar-refractivity contribution is -0.137. The first kappa shape index (κ1) is 20.5. The van der Waals surface area contributed by atoms with Gasteiger partial charge in [0, 0.05) is 17.5 Å². The largest absolute Gasteiger partial charge is 0.489 e. The molecule has 1 atom stereocenters. The van der Waals surface area contributed by atoms with Gasteiger partial charge in [0.15, 0.2) is 0 Å². The first-order valence-corrected chi connectivity index (χ1v) is 9.73. The molecular formula is C24H26N2O3. The van der Waals surface area contributed by atoms with E-state index >= 15 is 0 Å². The number of hydrogen-bond acceptors (Lipinski definition) is 3. The van der Waals surface area contributed by atoms with E-state index in [1.807, 2.05) is 30.5 Å². The minimum absolute atomic E-state index is 0.0849. The molecule has 0 aliphatic heterocycles. The van der Waals surface area contributed by atoms with E-state index in [9.17, 15) is 4.79 Å². The Morgan fingerprint density at radius 1 is 1.24 bits per heavy atom. The molecule has 3 aromatic rings. The second-order valence-electron chi connectivity index (χ2n) is 7.70. The molecule has 0 unspecified atom stereocenters. The lowest BCUT2D eigenvalue weighted by atomic mass is 9.97. The summed E-state index contributed by atoms with van der Waals surface area (Å²) in [6.07, 6.45) is 7.30. The number of rotatable bonds is 8. The average Bonchev–Trinajstić information content (AvgIpc) is 3.10. The maximum Gasteiger partial charge on any atom is 0.304 e. The van der Waals surface area contributed by atoms with Crippen LogP contribution in [0.5, 0.6) is 5.75 Å². The highest BCUT2D eigenvalue weighted by Crippen LogP contribution is 2.26. The van der Waals surface area contributed by atoms with Crippen molar-refractivity contribution in [3.63, 3.8) is 0 Å². The number of nitrogens with zero attached hydrogens (tertiary/aromatic N) is 2. The highest BCUT2D eigenvalue weighted by molar-refractivity contribution is 5.85. The zero-order valence-corrected chi connectivity index (χ0v) is 17.1. The number of carbonyl (C=O) groups is 1. The zero-order chi connectivity index (χ0) is 21.0. The Bertz CT molecular complexity index is 1040. The summed E-state index contributed by atoms with van der Waals surface area (Å²) in [5, 5.41) is 14.6. The quantitative estimate of drug-likeness (QED) is 0.563. The van der Waals surface area contributed by atoms with Crippen molar-refractivity contribution < 1.29 is 14.6 Å². The van der Waals surface area contributed by atoms with Crippen LogP contribution in [0.3, 0.4) is 0 Å². The summed E-state index contributed by atoms with van der Waals surface area (Å²) in [5.41, 5.74) is 4.23. The van der Waals surface area contributed by atoms with Crippen molar-refractivity contribution in [1.82, 2.24) is 9.78 Å². The predicted molar refractivity (Wildman–Crippen MR) is 114 cm³/mol. The van der Waals surface area contributed by atoms with Gasteiger partial charge in [0.25, 0.3) is 0 Å². The van der Waals surface area contributed by atoms with Crippen LogP contribution in [0, 0.1) is 25.2 Å². The van der Waals surface area contributed by atoms with Crippen LogP contribution in [0.2, 0.25) is 0 Å². The van der Waals surface area contributed by atoms with Crippen molar-refractivity contribution in [2.24, 2.45) is 5.92 Å². The fourth-order valence-electron chi connectivity index (χ4n) is 3.45. The van der Waals surface area contributed by atoms with Gasteiger partial charge in [0.05, 0.1) is 24.1 Å². The molecule has 0 spiro atoms. The summed E-state index contributed by atoms with van der Waals surface area (Å²) in [5.74, 6) is 2.42. The molecule has 1 heterocycles. The number of fused-ring (bicyclic) bond motifs is 1. The monoisotopic (exact) mass is 390 g/mol. The molecule has 3 rings (SSSR count). The number of aryl methyl sites for hydroxylation is 1. The van der Waals surface area contributed by atoms with Crippen LogP contribution in [0.1, 0.15) is 42.9 Å². The Morgan fingerprint density at radius 3 is 2.59 bits per heavy atom. The van der Waals surface area contributed by atoms with E-state index in [1.54, 1.807) is 0 Å². The maximum absolute atomic E-state index is 10.9. The number of carboxylic acids is 1. The number of hydrogen-bond donors (Lipinski definition) is 1. The minimum Gasteiger partial charge on any atom is -0.489 e. The Kier molecular flexibility index (Phi) is 6.23. The van der Waals surface area contributed by atoms with E-state index in [0.717, 1.165) is 28.6 Å². The lowest BCUT2D eigenvalue weighted by Gasteiger charge is -2.12.